The molecule has 1 unspecified atom stereocenters. The Morgan fingerprint density at radius 1 is 1.16 bits per heavy atom. The van der Waals surface area contributed by atoms with Crippen molar-refractivity contribution in [3.63, 3.8) is 0 Å². The van der Waals surface area contributed by atoms with Crippen LogP contribution in [0.4, 0.5) is 0 Å². The number of pyridine rings is 2. The fourth-order valence-electron chi connectivity index (χ4n) is 3.49. The van der Waals surface area contributed by atoms with Crippen LogP contribution in [0.15, 0.2) is 67.3 Å². The number of benzene rings is 1. The van der Waals surface area contributed by atoms with E-state index < -0.39 is 6.04 Å². The first-order valence-electron chi connectivity index (χ1n) is 10.2. The van der Waals surface area contributed by atoms with Gasteiger partial charge in [-0.25, -0.2) is 4.98 Å². The molecule has 1 amide bonds. The molecule has 0 radical (unpaired) electrons. The van der Waals surface area contributed by atoms with Crippen molar-refractivity contribution in [2.75, 3.05) is 6.54 Å². The van der Waals surface area contributed by atoms with Gasteiger partial charge in [0.2, 0.25) is 5.91 Å². The second kappa shape index (κ2) is 9.40. The van der Waals surface area contributed by atoms with Crippen LogP contribution in [0.5, 0.6) is 11.5 Å². The van der Waals surface area contributed by atoms with Crippen LogP contribution in [-0.2, 0) is 17.6 Å². The zero-order valence-electron chi connectivity index (χ0n) is 17.3. The Morgan fingerprint density at radius 3 is 2.84 bits per heavy atom. The molecule has 0 aliphatic carbocycles. The first kappa shape index (κ1) is 20.6. The lowest BCUT2D eigenvalue weighted by Crippen LogP contribution is -2.42. The number of H-pyrrole nitrogens is 1. The van der Waals surface area contributed by atoms with Crippen molar-refractivity contribution in [1.29, 1.82) is 0 Å². The lowest BCUT2D eigenvalue weighted by Gasteiger charge is -2.14. The summed E-state index contributed by atoms with van der Waals surface area (Å²) < 4.78 is 6.12. The number of fused-ring (bicyclic) bond motifs is 1. The molecule has 158 valence electrons. The molecule has 31 heavy (non-hydrogen) atoms. The number of hydrogen-bond acceptors (Lipinski definition) is 5. The van der Waals surface area contributed by atoms with E-state index >= 15 is 0 Å². The van der Waals surface area contributed by atoms with Gasteiger partial charge in [-0.15, -0.1) is 0 Å². The number of aromatic nitrogens is 3. The highest BCUT2D eigenvalue weighted by Gasteiger charge is 2.15. The highest BCUT2D eigenvalue weighted by molar-refractivity contribution is 5.86. The number of aromatic amines is 1. The zero-order valence-corrected chi connectivity index (χ0v) is 17.3. The molecule has 7 heteroatoms. The predicted octanol–water partition coefficient (Wildman–Crippen LogP) is 3.29. The van der Waals surface area contributed by atoms with Gasteiger partial charge in [-0.1, -0.05) is 12.1 Å². The average Bonchev–Trinajstić information content (AvgIpc) is 3.16. The Labute approximate surface area is 180 Å². The van der Waals surface area contributed by atoms with Crippen molar-refractivity contribution < 1.29 is 9.53 Å². The molecule has 0 spiro atoms. The summed E-state index contributed by atoms with van der Waals surface area (Å²) in [4.78, 5) is 23.8. The molecular formula is C24H25N5O2. The molecule has 3 heterocycles. The van der Waals surface area contributed by atoms with Crippen molar-refractivity contribution in [3.05, 3.63) is 83.9 Å². The van der Waals surface area contributed by atoms with Crippen LogP contribution in [0.1, 0.15) is 16.7 Å². The fraction of sp³-hybridized carbons (Fsp3) is 0.208. The third-order valence-corrected chi connectivity index (χ3v) is 5.11. The Hall–Kier alpha value is -3.71. The second-order valence-electron chi connectivity index (χ2n) is 7.46. The molecule has 0 fully saturated rings. The third-order valence-electron chi connectivity index (χ3n) is 5.11. The largest absolute Gasteiger partial charge is 0.457 e. The Bertz CT molecular complexity index is 1170. The van der Waals surface area contributed by atoms with Gasteiger partial charge in [-0.2, -0.15) is 0 Å². The minimum Gasteiger partial charge on any atom is -0.457 e. The van der Waals surface area contributed by atoms with Crippen molar-refractivity contribution in [1.82, 2.24) is 20.3 Å². The molecule has 4 rings (SSSR count). The van der Waals surface area contributed by atoms with Crippen LogP contribution < -0.4 is 15.8 Å². The van der Waals surface area contributed by atoms with E-state index in [9.17, 15) is 4.79 Å². The molecule has 1 atom stereocenters. The van der Waals surface area contributed by atoms with Gasteiger partial charge in [0.1, 0.15) is 17.1 Å². The smallest absolute Gasteiger partial charge is 0.237 e. The molecule has 3 aromatic heterocycles. The van der Waals surface area contributed by atoms with Crippen molar-refractivity contribution in [3.8, 4) is 11.5 Å². The number of carbonyl (C=O) groups excluding carboxylic acids is 1. The first-order chi connectivity index (χ1) is 15.1. The normalized spacial score (nSPS) is 11.9. The molecule has 4 N–H and O–H groups in total. The van der Waals surface area contributed by atoms with E-state index in [2.05, 4.69) is 20.3 Å². The van der Waals surface area contributed by atoms with Crippen LogP contribution in [0.3, 0.4) is 0 Å². The van der Waals surface area contributed by atoms with E-state index in [0.29, 0.717) is 18.7 Å². The first-order valence-corrected chi connectivity index (χ1v) is 10.2. The number of nitrogens with two attached hydrogens (primary N) is 1. The lowest BCUT2D eigenvalue weighted by molar-refractivity contribution is -0.122. The summed E-state index contributed by atoms with van der Waals surface area (Å²) in [5.41, 5.74) is 10.1. The molecule has 0 aliphatic heterocycles. The third kappa shape index (κ3) is 5.07. The number of hydrogen-bond donors (Lipinski definition) is 3. The van der Waals surface area contributed by atoms with E-state index in [1.807, 2.05) is 55.6 Å². The van der Waals surface area contributed by atoms with Crippen LogP contribution in [0, 0.1) is 6.92 Å². The van der Waals surface area contributed by atoms with Crippen LogP contribution >= 0.6 is 0 Å². The molecule has 4 aromatic rings. The Balaban J connectivity index is 1.36. The van der Waals surface area contributed by atoms with Gasteiger partial charge in [-0.05, 0) is 66.8 Å². The van der Waals surface area contributed by atoms with E-state index in [1.54, 1.807) is 18.6 Å². The van der Waals surface area contributed by atoms with Crippen LogP contribution in [0.2, 0.25) is 0 Å². The number of nitrogens with zero attached hydrogens (tertiary/aromatic N) is 2. The summed E-state index contributed by atoms with van der Waals surface area (Å²) in [5, 5.41) is 3.86. The van der Waals surface area contributed by atoms with E-state index in [4.69, 9.17) is 10.5 Å². The molecule has 0 saturated carbocycles. The number of aryl methyl sites for hydroxylation is 1. The van der Waals surface area contributed by atoms with Gasteiger partial charge in [-0.3, -0.25) is 9.78 Å². The minimum atomic E-state index is -0.632. The molecule has 0 aliphatic rings. The number of rotatable bonds is 8. The van der Waals surface area contributed by atoms with Crippen LogP contribution in [0.25, 0.3) is 11.0 Å². The number of amides is 1. The maximum atomic E-state index is 12.4. The Morgan fingerprint density at radius 2 is 2.00 bits per heavy atom. The summed E-state index contributed by atoms with van der Waals surface area (Å²) in [6.45, 7) is 2.55. The second-order valence-corrected chi connectivity index (χ2v) is 7.46. The van der Waals surface area contributed by atoms with Gasteiger partial charge in [0.15, 0.2) is 0 Å². The number of nitrogens with one attached hydrogen (secondary N) is 2. The molecule has 7 nitrogen and oxygen atoms in total. The van der Waals surface area contributed by atoms with Gasteiger partial charge in [0, 0.05) is 31.3 Å². The number of carbonyl (C=O) groups is 1. The lowest BCUT2D eigenvalue weighted by atomic mass is 10.1. The molecular weight excluding hydrogens is 390 g/mol. The van der Waals surface area contributed by atoms with Crippen molar-refractivity contribution >= 4 is 16.9 Å². The summed E-state index contributed by atoms with van der Waals surface area (Å²) in [7, 11) is 0. The van der Waals surface area contributed by atoms with Crippen LogP contribution in [-0.4, -0.2) is 33.4 Å². The highest BCUT2D eigenvalue weighted by Crippen LogP contribution is 2.31. The Kier molecular flexibility index (Phi) is 6.24. The molecule has 0 saturated heterocycles. The number of ether oxygens (including phenoxy) is 1. The van der Waals surface area contributed by atoms with Crippen molar-refractivity contribution in [2.45, 2.75) is 25.8 Å². The maximum Gasteiger partial charge on any atom is 0.237 e. The van der Waals surface area contributed by atoms with E-state index in [-0.39, 0.29) is 5.91 Å². The monoisotopic (exact) mass is 415 g/mol. The van der Waals surface area contributed by atoms with E-state index in [1.165, 1.54) is 0 Å². The standard InChI is InChI=1S/C24H25N5O2/c1-16-15-29-23-22(16)21(8-12-27-23)31-19-4-2-3-18(13-19)14-20(25)24(30)28-11-7-17-5-9-26-10-6-17/h2-6,8-10,12-13,15,20H,7,11,14,25H2,1H3,(H,27,29)(H,28,30). The van der Waals surface area contributed by atoms with Crippen molar-refractivity contribution in [2.24, 2.45) is 5.73 Å². The van der Waals surface area contributed by atoms with Gasteiger partial charge < -0.3 is 20.8 Å². The van der Waals surface area contributed by atoms with Gasteiger partial charge in [0.05, 0.1) is 11.4 Å². The SMILES string of the molecule is Cc1c[nH]c2nccc(Oc3cccc(CC(N)C(=O)NCCc4ccncc4)c3)c12. The van der Waals surface area contributed by atoms with Gasteiger partial charge in [0.25, 0.3) is 0 Å². The topological polar surface area (TPSA) is 106 Å². The molecule has 1 aromatic carbocycles. The maximum absolute atomic E-state index is 12.4. The van der Waals surface area contributed by atoms with E-state index in [0.717, 1.165) is 39.9 Å². The summed E-state index contributed by atoms with van der Waals surface area (Å²) >= 11 is 0. The summed E-state index contributed by atoms with van der Waals surface area (Å²) in [5.74, 6) is 1.26. The minimum absolute atomic E-state index is 0.167. The van der Waals surface area contributed by atoms with Gasteiger partial charge >= 0.3 is 0 Å². The fourth-order valence-corrected chi connectivity index (χ4v) is 3.49. The molecule has 0 bridgehead atoms. The predicted molar refractivity (Wildman–Crippen MR) is 120 cm³/mol. The summed E-state index contributed by atoms with van der Waals surface area (Å²) in [6, 6.07) is 12.7. The quantitative estimate of drug-likeness (QED) is 0.409. The average molecular weight is 415 g/mol. The zero-order chi connectivity index (χ0) is 21.6. The highest BCUT2D eigenvalue weighted by atomic mass is 16.5. The summed E-state index contributed by atoms with van der Waals surface area (Å²) in [6.07, 6.45) is 8.27.